The summed E-state index contributed by atoms with van der Waals surface area (Å²) in [6.45, 7) is 1.93. The van der Waals surface area contributed by atoms with Crippen LogP contribution < -0.4 is 10.1 Å². The van der Waals surface area contributed by atoms with Crippen LogP contribution in [0.15, 0.2) is 24.5 Å². The highest BCUT2D eigenvalue weighted by atomic mass is 35.5. The van der Waals surface area contributed by atoms with E-state index >= 15 is 0 Å². The zero-order valence-electron chi connectivity index (χ0n) is 11.8. The maximum Gasteiger partial charge on any atom is 0.316 e. The summed E-state index contributed by atoms with van der Waals surface area (Å²) in [7, 11) is 1.46. The summed E-state index contributed by atoms with van der Waals surface area (Å²) in [5, 5.41) is 3.88. The molecule has 2 aromatic heterocycles. The zero-order chi connectivity index (χ0) is 15.7. The standard InChI is InChI=1S/C14H11ClN4O2S/c1-7-3-11-10(4-9(7)15)18-14(22-11)19-12(20)8-5-16-13(21-2)17-6-8/h3-6H,1-2H3,(H,18,19,20). The molecule has 1 aromatic carbocycles. The topological polar surface area (TPSA) is 77.0 Å². The van der Waals surface area contributed by atoms with E-state index in [1.807, 2.05) is 13.0 Å². The van der Waals surface area contributed by atoms with Crippen LogP contribution in [-0.4, -0.2) is 28.0 Å². The number of rotatable bonds is 3. The number of aryl methyl sites for hydroxylation is 1. The second-order valence-electron chi connectivity index (χ2n) is 4.50. The van der Waals surface area contributed by atoms with E-state index in [0.717, 1.165) is 15.8 Å². The summed E-state index contributed by atoms with van der Waals surface area (Å²) < 4.78 is 5.81. The summed E-state index contributed by atoms with van der Waals surface area (Å²) >= 11 is 7.46. The monoisotopic (exact) mass is 334 g/mol. The molecule has 22 heavy (non-hydrogen) atoms. The van der Waals surface area contributed by atoms with Crippen molar-refractivity contribution >= 4 is 44.2 Å². The number of benzene rings is 1. The number of fused-ring (bicyclic) bond motifs is 1. The van der Waals surface area contributed by atoms with E-state index in [2.05, 4.69) is 20.3 Å². The maximum atomic E-state index is 12.1. The second-order valence-corrected chi connectivity index (χ2v) is 5.94. The number of aromatic nitrogens is 3. The first-order valence-electron chi connectivity index (χ1n) is 6.31. The summed E-state index contributed by atoms with van der Waals surface area (Å²) in [6.07, 6.45) is 2.80. The van der Waals surface area contributed by atoms with Gasteiger partial charge in [0, 0.05) is 17.4 Å². The molecule has 0 spiro atoms. The molecule has 0 saturated carbocycles. The van der Waals surface area contributed by atoms with Gasteiger partial charge in [0.2, 0.25) is 0 Å². The molecule has 1 amide bonds. The van der Waals surface area contributed by atoms with E-state index in [-0.39, 0.29) is 11.9 Å². The molecule has 2 heterocycles. The minimum atomic E-state index is -0.329. The van der Waals surface area contributed by atoms with Gasteiger partial charge in [-0.25, -0.2) is 15.0 Å². The molecule has 3 rings (SSSR count). The molecule has 0 atom stereocenters. The third kappa shape index (κ3) is 2.86. The van der Waals surface area contributed by atoms with Crippen LogP contribution in [-0.2, 0) is 0 Å². The minimum Gasteiger partial charge on any atom is -0.467 e. The molecular weight excluding hydrogens is 324 g/mol. The van der Waals surface area contributed by atoms with Crippen molar-refractivity contribution in [2.24, 2.45) is 0 Å². The van der Waals surface area contributed by atoms with Crippen molar-refractivity contribution in [2.45, 2.75) is 6.92 Å². The number of nitrogens with zero attached hydrogens (tertiary/aromatic N) is 3. The molecule has 0 aliphatic rings. The van der Waals surface area contributed by atoms with Gasteiger partial charge in [0.05, 0.1) is 22.9 Å². The Labute approximate surface area is 135 Å². The maximum absolute atomic E-state index is 12.1. The third-order valence-corrected chi connectivity index (χ3v) is 4.30. The fourth-order valence-corrected chi connectivity index (χ4v) is 2.91. The van der Waals surface area contributed by atoms with Gasteiger partial charge in [0.1, 0.15) is 0 Å². The summed E-state index contributed by atoms with van der Waals surface area (Å²) in [5.41, 5.74) is 2.05. The first-order valence-corrected chi connectivity index (χ1v) is 7.50. The Morgan fingerprint density at radius 3 is 2.73 bits per heavy atom. The van der Waals surface area contributed by atoms with Crippen LogP contribution in [0.5, 0.6) is 6.01 Å². The predicted octanol–water partition coefficient (Wildman–Crippen LogP) is 3.31. The fourth-order valence-electron chi connectivity index (χ4n) is 1.81. The zero-order valence-corrected chi connectivity index (χ0v) is 13.3. The number of methoxy groups -OCH3 is 1. The number of halogens is 1. The lowest BCUT2D eigenvalue weighted by Gasteiger charge is -2.01. The highest BCUT2D eigenvalue weighted by molar-refractivity contribution is 7.22. The van der Waals surface area contributed by atoms with Crippen molar-refractivity contribution < 1.29 is 9.53 Å². The van der Waals surface area contributed by atoms with Gasteiger partial charge < -0.3 is 4.74 Å². The number of hydrogen-bond acceptors (Lipinski definition) is 6. The van der Waals surface area contributed by atoms with Gasteiger partial charge in [-0.15, -0.1) is 0 Å². The van der Waals surface area contributed by atoms with Gasteiger partial charge in [0.25, 0.3) is 5.91 Å². The van der Waals surface area contributed by atoms with E-state index in [1.54, 1.807) is 6.07 Å². The Morgan fingerprint density at radius 1 is 1.32 bits per heavy atom. The molecule has 0 saturated heterocycles. The van der Waals surface area contributed by atoms with E-state index in [1.165, 1.54) is 30.8 Å². The van der Waals surface area contributed by atoms with E-state index < -0.39 is 0 Å². The van der Waals surface area contributed by atoms with Crippen LogP contribution in [0.1, 0.15) is 15.9 Å². The van der Waals surface area contributed by atoms with E-state index in [0.29, 0.717) is 15.7 Å². The first-order chi connectivity index (χ1) is 10.6. The molecule has 3 aromatic rings. The molecule has 0 bridgehead atoms. The van der Waals surface area contributed by atoms with Crippen LogP contribution in [0.4, 0.5) is 5.13 Å². The third-order valence-electron chi connectivity index (χ3n) is 2.96. The number of carbonyl (C=O) groups excluding carboxylic acids is 1. The summed E-state index contributed by atoms with van der Waals surface area (Å²) in [6, 6.07) is 3.94. The molecule has 6 nitrogen and oxygen atoms in total. The number of anilines is 1. The van der Waals surface area contributed by atoms with Crippen molar-refractivity contribution in [3.8, 4) is 6.01 Å². The van der Waals surface area contributed by atoms with E-state index in [9.17, 15) is 4.79 Å². The normalized spacial score (nSPS) is 10.7. The molecule has 112 valence electrons. The SMILES string of the molecule is COc1ncc(C(=O)Nc2nc3cc(Cl)c(C)cc3s2)cn1. The average molecular weight is 335 g/mol. The van der Waals surface area contributed by atoms with Crippen LogP contribution >= 0.6 is 22.9 Å². The van der Waals surface area contributed by atoms with Crippen LogP contribution in [0.2, 0.25) is 5.02 Å². The highest BCUT2D eigenvalue weighted by Crippen LogP contribution is 2.30. The summed E-state index contributed by atoms with van der Waals surface area (Å²) in [5.74, 6) is -0.329. The number of ether oxygens (including phenoxy) is 1. The van der Waals surface area contributed by atoms with Gasteiger partial charge in [-0.1, -0.05) is 22.9 Å². The molecule has 1 N–H and O–H groups in total. The Morgan fingerprint density at radius 2 is 2.05 bits per heavy atom. The quantitative estimate of drug-likeness (QED) is 0.795. The Bertz CT molecular complexity index is 809. The first kappa shape index (κ1) is 14.7. The van der Waals surface area contributed by atoms with Crippen molar-refractivity contribution in [3.05, 3.63) is 40.7 Å². The number of nitrogens with one attached hydrogen (secondary N) is 1. The lowest BCUT2D eigenvalue weighted by molar-refractivity contribution is 0.102. The van der Waals surface area contributed by atoms with Crippen LogP contribution in [0.3, 0.4) is 0 Å². The van der Waals surface area contributed by atoms with Crippen molar-refractivity contribution in [3.63, 3.8) is 0 Å². The molecule has 0 aliphatic heterocycles. The van der Waals surface area contributed by atoms with Crippen molar-refractivity contribution in [1.29, 1.82) is 0 Å². The molecule has 0 unspecified atom stereocenters. The molecule has 0 aliphatic carbocycles. The predicted molar refractivity (Wildman–Crippen MR) is 85.9 cm³/mol. The number of carbonyl (C=O) groups is 1. The van der Waals surface area contributed by atoms with Gasteiger partial charge in [-0.05, 0) is 24.6 Å². The average Bonchev–Trinajstić information content (AvgIpc) is 2.89. The second kappa shape index (κ2) is 5.86. The van der Waals surface area contributed by atoms with Gasteiger partial charge in [-0.3, -0.25) is 10.1 Å². The Hall–Kier alpha value is -2.25. The molecule has 0 radical (unpaired) electrons. The molecular formula is C14H11ClN4O2S. The lowest BCUT2D eigenvalue weighted by atomic mass is 10.2. The van der Waals surface area contributed by atoms with Crippen molar-refractivity contribution in [1.82, 2.24) is 15.0 Å². The van der Waals surface area contributed by atoms with E-state index in [4.69, 9.17) is 16.3 Å². The number of hydrogen-bond donors (Lipinski definition) is 1. The molecule has 0 fully saturated rings. The number of amides is 1. The van der Waals surface area contributed by atoms with Crippen LogP contribution in [0, 0.1) is 6.92 Å². The fraction of sp³-hybridized carbons (Fsp3) is 0.143. The highest BCUT2D eigenvalue weighted by Gasteiger charge is 2.12. The number of thiazole rings is 1. The lowest BCUT2D eigenvalue weighted by Crippen LogP contribution is -2.12. The van der Waals surface area contributed by atoms with Crippen LogP contribution in [0.25, 0.3) is 10.2 Å². The van der Waals surface area contributed by atoms with Gasteiger partial charge in [-0.2, -0.15) is 0 Å². The summed E-state index contributed by atoms with van der Waals surface area (Å²) in [4.78, 5) is 24.3. The van der Waals surface area contributed by atoms with Gasteiger partial charge >= 0.3 is 6.01 Å². The molecule has 8 heteroatoms. The Kier molecular flexibility index (Phi) is 3.91. The van der Waals surface area contributed by atoms with Crippen molar-refractivity contribution in [2.75, 3.05) is 12.4 Å². The smallest absolute Gasteiger partial charge is 0.316 e. The Balaban J connectivity index is 1.84. The largest absolute Gasteiger partial charge is 0.467 e. The van der Waals surface area contributed by atoms with Gasteiger partial charge in [0.15, 0.2) is 5.13 Å². The minimum absolute atomic E-state index is 0.210.